The number of carbonyl (C=O) groups excluding carboxylic acids is 2. The maximum Gasteiger partial charge on any atom is 0.217 e. The quantitative estimate of drug-likeness (QED) is 0.0479. The number of rotatable bonds is 22. The molecule has 0 spiro atoms. The molecule has 7 saturated heterocycles. The fraction of sp³-hybridized carbons (Fsp3) is 0.959. The molecule has 7 aliphatic heterocycles. The summed E-state index contributed by atoms with van der Waals surface area (Å²) in [4.78, 5) is 25.1. The van der Waals surface area contributed by atoms with Crippen molar-refractivity contribution in [2.75, 3.05) is 46.2 Å². The van der Waals surface area contributed by atoms with Crippen LogP contribution in [0.4, 0.5) is 0 Å². The van der Waals surface area contributed by atoms with Gasteiger partial charge >= 0.3 is 0 Å². The minimum absolute atomic E-state index is 0.338. The van der Waals surface area contributed by atoms with Gasteiger partial charge in [-0.2, -0.15) is 0 Å². The largest absolute Gasteiger partial charge is 0.394 e. The fourth-order valence-electron chi connectivity index (χ4n) is 11.2. The van der Waals surface area contributed by atoms with Gasteiger partial charge in [0.05, 0.1) is 58.4 Å². The Hall–Kier alpha value is -2.38. The number of carbonyl (C=O) groups is 2. The Bertz CT molecular complexity index is 2110. The number of hydrogen-bond donors (Lipinski definition) is 22. The summed E-state index contributed by atoms with van der Waals surface area (Å²) in [6.07, 6.45) is -63.0. The molecule has 37 nitrogen and oxygen atoms in total. The molecule has 7 heterocycles. The summed E-state index contributed by atoms with van der Waals surface area (Å²) in [5.41, 5.74) is 0. The average Bonchev–Trinajstić information content (AvgIpc) is 1.26. The minimum Gasteiger partial charge on any atom is -0.394 e. The van der Waals surface area contributed by atoms with E-state index >= 15 is 0 Å². The highest BCUT2D eigenvalue weighted by Crippen LogP contribution is 2.37. The van der Waals surface area contributed by atoms with Crippen molar-refractivity contribution in [1.29, 1.82) is 0 Å². The summed E-state index contributed by atoms with van der Waals surface area (Å²) < 4.78 is 75.6. The molecule has 500 valence electrons. The molecule has 0 bridgehead atoms. The third-order valence-electron chi connectivity index (χ3n) is 16.0. The monoisotopic (exact) mass is 1260 g/mol. The van der Waals surface area contributed by atoms with Crippen molar-refractivity contribution in [2.24, 2.45) is 5.92 Å². The lowest BCUT2D eigenvalue weighted by Gasteiger charge is -2.51. The highest BCUT2D eigenvalue weighted by molar-refractivity contribution is 5.73. The van der Waals surface area contributed by atoms with Gasteiger partial charge in [0.15, 0.2) is 37.7 Å². The van der Waals surface area contributed by atoms with Gasteiger partial charge < -0.3 is 174 Å². The van der Waals surface area contributed by atoms with E-state index in [1.165, 1.54) is 6.92 Å². The molecule has 7 fully saturated rings. The van der Waals surface area contributed by atoms with Crippen molar-refractivity contribution in [3.8, 4) is 0 Å². The van der Waals surface area contributed by atoms with Crippen molar-refractivity contribution in [1.82, 2.24) is 10.6 Å². The molecule has 0 aromatic heterocycles. The summed E-state index contributed by atoms with van der Waals surface area (Å²) in [6, 6.07) is -2.88. The first kappa shape index (κ1) is 71.1. The zero-order valence-electron chi connectivity index (χ0n) is 46.8. The second-order valence-electron chi connectivity index (χ2n) is 22.4. The maximum absolute atomic E-state index is 12.8. The molecule has 35 atom stereocenters. The highest BCUT2D eigenvalue weighted by Gasteiger charge is 2.58. The number of hydrogen-bond acceptors (Lipinski definition) is 35. The van der Waals surface area contributed by atoms with E-state index in [9.17, 15) is 112 Å². The molecule has 22 N–H and O–H groups in total. The van der Waals surface area contributed by atoms with Crippen LogP contribution in [-0.2, 0) is 71.2 Å². The first-order valence-corrected chi connectivity index (χ1v) is 27.9. The van der Waals surface area contributed by atoms with Gasteiger partial charge in [0.25, 0.3) is 0 Å². The zero-order valence-corrected chi connectivity index (χ0v) is 46.8. The lowest BCUT2D eigenvalue weighted by Crippen LogP contribution is -2.70. The van der Waals surface area contributed by atoms with Crippen molar-refractivity contribution < 1.29 is 173 Å². The van der Waals surface area contributed by atoms with E-state index in [1.54, 1.807) is 13.8 Å². The van der Waals surface area contributed by atoms with Gasteiger partial charge in [-0.3, -0.25) is 9.59 Å². The number of amides is 2. The summed E-state index contributed by atoms with van der Waals surface area (Å²) in [7, 11) is 0. The number of aliphatic hydroxyl groups excluding tert-OH is 20. The van der Waals surface area contributed by atoms with Gasteiger partial charge in [-0.05, 0) is 5.92 Å². The average molecular weight is 1260 g/mol. The lowest BCUT2D eigenvalue weighted by molar-refractivity contribution is -0.387. The van der Waals surface area contributed by atoms with E-state index < -0.39 is 273 Å². The zero-order chi connectivity index (χ0) is 63.5. The minimum atomic E-state index is -2.32. The smallest absolute Gasteiger partial charge is 0.217 e. The summed E-state index contributed by atoms with van der Waals surface area (Å²) >= 11 is 0. The molecule has 86 heavy (non-hydrogen) atoms. The predicted molar refractivity (Wildman–Crippen MR) is 268 cm³/mol. The number of nitrogens with one attached hydrogen (secondary N) is 2. The third kappa shape index (κ3) is 15.4. The van der Waals surface area contributed by atoms with Crippen molar-refractivity contribution in [3.63, 3.8) is 0 Å². The van der Waals surface area contributed by atoms with Crippen LogP contribution in [0, 0.1) is 5.92 Å². The van der Waals surface area contributed by atoms with Crippen molar-refractivity contribution in [3.05, 3.63) is 0 Å². The summed E-state index contributed by atoms with van der Waals surface area (Å²) in [6.45, 7) is -0.909. The third-order valence-corrected chi connectivity index (χ3v) is 16.0. The van der Waals surface area contributed by atoms with Crippen LogP contribution in [0.25, 0.3) is 0 Å². The summed E-state index contributed by atoms with van der Waals surface area (Å²) in [5.74, 6) is -1.73. The van der Waals surface area contributed by atoms with E-state index in [0.29, 0.717) is 0 Å². The molecule has 2 amide bonds. The van der Waals surface area contributed by atoms with Crippen molar-refractivity contribution >= 4 is 11.8 Å². The normalized spacial score (nSPS) is 49.5. The molecule has 0 radical (unpaired) electrons. The maximum atomic E-state index is 12.8. The second-order valence-corrected chi connectivity index (χ2v) is 22.4. The van der Waals surface area contributed by atoms with Gasteiger partial charge in [0, 0.05) is 13.8 Å². The molecule has 16 unspecified atom stereocenters. The molecule has 0 aromatic carbocycles. The molecule has 0 saturated carbocycles. The van der Waals surface area contributed by atoms with Crippen molar-refractivity contribution in [2.45, 2.75) is 242 Å². The van der Waals surface area contributed by atoms with Crippen LogP contribution < -0.4 is 10.6 Å². The molecule has 0 aliphatic carbocycles. The Labute approximate surface area is 489 Å². The number of aliphatic hydroxyl groups is 20. The first-order chi connectivity index (χ1) is 40.6. The van der Waals surface area contributed by atoms with Crippen LogP contribution >= 0.6 is 0 Å². The molecular formula is C49H84N2O35. The van der Waals surface area contributed by atoms with E-state index in [4.69, 9.17) is 61.6 Å². The van der Waals surface area contributed by atoms with Gasteiger partial charge in [0.1, 0.15) is 165 Å². The Balaban J connectivity index is 1.17. The van der Waals surface area contributed by atoms with Crippen LogP contribution in [0.2, 0.25) is 0 Å². The first-order valence-electron chi connectivity index (χ1n) is 27.9. The van der Waals surface area contributed by atoms with Crippen LogP contribution in [0.5, 0.6) is 0 Å². The van der Waals surface area contributed by atoms with Gasteiger partial charge in [-0.1, -0.05) is 13.8 Å². The Morgan fingerprint density at radius 1 is 0.337 bits per heavy atom. The van der Waals surface area contributed by atoms with Gasteiger partial charge in [-0.25, -0.2) is 0 Å². The van der Waals surface area contributed by atoms with Crippen LogP contribution in [0.15, 0.2) is 0 Å². The fourth-order valence-corrected chi connectivity index (χ4v) is 11.2. The SMILES string of the molecule is CC(=O)NC1[C@H](O[C@@H]2C(CO)O[C@@H](C(C)C)C(NC(C)=O)[C@H]2O)OC(CO)[C@@H](O[C@@H]2OC(CO[C@@H]3OC(CO[C@H]4OC(CO)[C@@H](O)[C@H](O)C4O)[C@@H](O)[C@H](O[C@H]4OC(CO)[C@@H](O)C(O)C4O)C3O)[C@@H](O)[C@H](O[C@H]3OC(CO)[C@@H](O)C(O)C3O)C2O)[C@@H]1O. The van der Waals surface area contributed by atoms with E-state index in [-0.39, 0.29) is 5.92 Å². The Morgan fingerprint density at radius 3 is 1.06 bits per heavy atom. The Morgan fingerprint density at radius 2 is 0.640 bits per heavy atom. The van der Waals surface area contributed by atoms with Gasteiger partial charge in [-0.15, -0.1) is 0 Å². The Kier molecular flexibility index (Phi) is 25.5. The molecule has 7 rings (SSSR count). The molecule has 7 aliphatic rings. The predicted octanol–water partition coefficient (Wildman–Crippen LogP) is -14.3. The van der Waals surface area contributed by atoms with E-state index in [1.807, 2.05) is 0 Å². The van der Waals surface area contributed by atoms with Crippen LogP contribution in [0.1, 0.15) is 27.7 Å². The topological polar surface area (TPSA) is 583 Å². The van der Waals surface area contributed by atoms with Crippen LogP contribution in [-0.4, -0.2) is 375 Å². The standard InChI is InChI=1S/C49H84N2O35/c1-12(2)39-22(50-13(3)57)29(64)40(18(8-55)76-39)83-44-23(51-14(4)58)30(65)41(19(9-56)80-44)84-49-38(73)43(86-48-36(71)33(68)26(61)17(7-54)79-48)28(63)21(82-49)11-75-46-37(72)42(85-47-35(70)32(67)25(60)16(6-53)78-47)27(62)20(81-46)10-74-45-34(69)31(66)24(59)15(5-52)77-45/h12,15-49,52-56,59-73H,5-11H2,1-4H3,(H,50,57)(H,51,58)/t15?,16?,17?,18?,19?,20?,21?,22?,23?,24-,25-,26-,27-,28-,29-,30-,31+,32?,33?,34?,35?,36?,37?,38?,39+,40-,41-,42+,43+,44+,45+,46-,47-,48-,49+/m1/s1. The second kappa shape index (κ2) is 30.8. The summed E-state index contributed by atoms with van der Waals surface area (Å²) in [5, 5.41) is 222. The molecule has 0 aromatic rings. The molecular weight excluding hydrogens is 1180 g/mol. The molecule has 37 heteroatoms. The van der Waals surface area contributed by atoms with Crippen LogP contribution in [0.3, 0.4) is 0 Å². The van der Waals surface area contributed by atoms with E-state index in [2.05, 4.69) is 10.6 Å². The lowest BCUT2D eigenvalue weighted by atomic mass is 9.87. The van der Waals surface area contributed by atoms with Gasteiger partial charge in [0.2, 0.25) is 11.8 Å². The highest BCUT2D eigenvalue weighted by atomic mass is 16.8. The number of ether oxygens (including phenoxy) is 13. The van der Waals surface area contributed by atoms with E-state index in [0.717, 1.165) is 6.92 Å².